The molecule has 1 aliphatic rings. The van der Waals surface area contributed by atoms with Crippen molar-refractivity contribution in [2.45, 2.75) is 31.9 Å². The highest BCUT2D eigenvalue weighted by Gasteiger charge is 2.32. The van der Waals surface area contributed by atoms with Crippen molar-refractivity contribution in [1.29, 1.82) is 0 Å². The summed E-state index contributed by atoms with van der Waals surface area (Å²) in [4.78, 5) is 4.18. The van der Waals surface area contributed by atoms with Crippen molar-refractivity contribution in [3.63, 3.8) is 0 Å². The zero-order chi connectivity index (χ0) is 13.2. The largest absolute Gasteiger partial charge is 0.378 e. The summed E-state index contributed by atoms with van der Waals surface area (Å²) in [7, 11) is 0. The number of pyridine rings is 1. The highest BCUT2D eigenvalue weighted by Crippen LogP contribution is 2.35. The third-order valence-electron chi connectivity index (χ3n) is 4.20. The molecule has 1 aromatic carbocycles. The quantitative estimate of drug-likeness (QED) is 0.918. The van der Waals surface area contributed by atoms with Gasteiger partial charge in [-0.15, -0.1) is 0 Å². The molecule has 0 amide bonds. The number of hydrogen-bond donors (Lipinski definition) is 1. The summed E-state index contributed by atoms with van der Waals surface area (Å²) in [6.45, 7) is 3.01. The van der Waals surface area contributed by atoms with Crippen molar-refractivity contribution in [1.82, 2.24) is 4.98 Å². The van der Waals surface area contributed by atoms with Crippen LogP contribution in [0.1, 0.15) is 31.4 Å². The van der Waals surface area contributed by atoms with Crippen LogP contribution in [0.4, 0.5) is 0 Å². The standard InChI is InChI=1S/C16H20N2O/c1-2-15-14(7-9-19-15)16(17)13-5-3-4-11-10-18-8-6-12(11)13/h3-6,8,10,14-16H,2,7,9,17H2,1H3. The molecule has 19 heavy (non-hydrogen) atoms. The molecule has 1 aliphatic heterocycles. The van der Waals surface area contributed by atoms with Gasteiger partial charge in [-0.1, -0.05) is 25.1 Å². The van der Waals surface area contributed by atoms with E-state index >= 15 is 0 Å². The Balaban J connectivity index is 1.99. The van der Waals surface area contributed by atoms with E-state index in [1.54, 1.807) is 0 Å². The summed E-state index contributed by atoms with van der Waals surface area (Å²) >= 11 is 0. The molecule has 0 saturated carbocycles. The second kappa shape index (κ2) is 5.27. The van der Waals surface area contributed by atoms with Crippen LogP contribution >= 0.6 is 0 Å². The van der Waals surface area contributed by atoms with Gasteiger partial charge in [-0.25, -0.2) is 0 Å². The second-order valence-corrected chi connectivity index (χ2v) is 5.24. The molecule has 0 radical (unpaired) electrons. The maximum Gasteiger partial charge on any atom is 0.0619 e. The second-order valence-electron chi connectivity index (χ2n) is 5.24. The molecular formula is C16H20N2O. The Bertz CT molecular complexity index is 564. The van der Waals surface area contributed by atoms with Crippen molar-refractivity contribution >= 4 is 10.8 Å². The minimum Gasteiger partial charge on any atom is -0.378 e. The fraction of sp³-hybridized carbons (Fsp3) is 0.438. The summed E-state index contributed by atoms with van der Waals surface area (Å²) < 4.78 is 5.78. The third-order valence-corrected chi connectivity index (χ3v) is 4.20. The predicted molar refractivity (Wildman–Crippen MR) is 76.8 cm³/mol. The molecule has 2 heterocycles. The molecule has 0 spiro atoms. The highest BCUT2D eigenvalue weighted by atomic mass is 16.5. The Morgan fingerprint density at radius 3 is 3.16 bits per heavy atom. The fourth-order valence-corrected chi connectivity index (χ4v) is 3.17. The van der Waals surface area contributed by atoms with E-state index in [4.69, 9.17) is 10.5 Å². The molecule has 0 aliphatic carbocycles. The maximum absolute atomic E-state index is 6.53. The number of nitrogens with zero attached hydrogens (tertiary/aromatic N) is 1. The summed E-state index contributed by atoms with van der Waals surface area (Å²) in [5.41, 5.74) is 7.75. The molecule has 1 aromatic heterocycles. The van der Waals surface area contributed by atoms with Crippen LogP contribution in [0.3, 0.4) is 0 Å². The van der Waals surface area contributed by atoms with Crippen molar-refractivity contribution in [3.8, 4) is 0 Å². The molecule has 3 rings (SSSR count). The molecule has 2 aromatic rings. The van der Waals surface area contributed by atoms with E-state index in [1.165, 1.54) is 10.9 Å². The molecule has 1 fully saturated rings. The van der Waals surface area contributed by atoms with E-state index in [9.17, 15) is 0 Å². The van der Waals surface area contributed by atoms with Gasteiger partial charge in [0.15, 0.2) is 0 Å². The lowest BCUT2D eigenvalue weighted by atomic mass is 9.85. The van der Waals surface area contributed by atoms with E-state index in [0.717, 1.165) is 24.8 Å². The Kier molecular flexibility index (Phi) is 3.49. The zero-order valence-corrected chi connectivity index (χ0v) is 11.3. The minimum absolute atomic E-state index is 0.0403. The van der Waals surface area contributed by atoms with E-state index < -0.39 is 0 Å². The maximum atomic E-state index is 6.53. The van der Waals surface area contributed by atoms with Gasteiger partial charge in [0, 0.05) is 36.3 Å². The average molecular weight is 256 g/mol. The SMILES string of the molecule is CCC1OCCC1C(N)c1cccc2cnccc12. The first-order chi connectivity index (χ1) is 9.31. The Hall–Kier alpha value is -1.45. The van der Waals surface area contributed by atoms with Crippen LogP contribution in [0.15, 0.2) is 36.7 Å². The lowest BCUT2D eigenvalue weighted by molar-refractivity contribution is 0.0814. The summed E-state index contributed by atoms with van der Waals surface area (Å²) in [6.07, 6.45) is 6.12. The van der Waals surface area contributed by atoms with Crippen LogP contribution in [0, 0.1) is 5.92 Å². The monoisotopic (exact) mass is 256 g/mol. The molecule has 3 atom stereocenters. The molecular weight excluding hydrogens is 236 g/mol. The molecule has 0 bridgehead atoms. The van der Waals surface area contributed by atoms with Gasteiger partial charge in [-0.2, -0.15) is 0 Å². The normalized spacial score (nSPS) is 24.7. The van der Waals surface area contributed by atoms with Gasteiger partial charge in [0.2, 0.25) is 0 Å². The Morgan fingerprint density at radius 1 is 1.42 bits per heavy atom. The van der Waals surface area contributed by atoms with Crippen LogP contribution in [-0.4, -0.2) is 17.7 Å². The number of nitrogens with two attached hydrogens (primary N) is 1. The zero-order valence-electron chi connectivity index (χ0n) is 11.3. The van der Waals surface area contributed by atoms with Crippen molar-refractivity contribution in [2.24, 2.45) is 11.7 Å². The number of benzene rings is 1. The number of ether oxygens (including phenoxy) is 1. The topological polar surface area (TPSA) is 48.1 Å². The number of hydrogen-bond acceptors (Lipinski definition) is 3. The van der Waals surface area contributed by atoms with Crippen LogP contribution < -0.4 is 5.73 Å². The molecule has 3 nitrogen and oxygen atoms in total. The molecule has 3 unspecified atom stereocenters. The van der Waals surface area contributed by atoms with Crippen molar-refractivity contribution in [3.05, 3.63) is 42.2 Å². The fourth-order valence-electron chi connectivity index (χ4n) is 3.17. The summed E-state index contributed by atoms with van der Waals surface area (Å²) in [6, 6.07) is 8.38. The first kappa shape index (κ1) is 12.6. The average Bonchev–Trinajstić information content (AvgIpc) is 2.94. The van der Waals surface area contributed by atoms with Crippen molar-refractivity contribution < 1.29 is 4.74 Å². The molecule has 3 heteroatoms. The van der Waals surface area contributed by atoms with E-state index in [1.807, 2.05) is 12.4 Å². The molecule has 1 saturated heterocycles. The lowest BCUT2D eigenvalue weighted by Crippen LogP contribution is -2.28. The van der Waals surface area contributed by atoms with Crippen LogP contribution in [0.25, 0.3) is 10.8 Å². The van der Waals surface area contributed by atoms with E-state index in [-0.39, 0.29) is 6.04 Å². The van der Waals surface area contributed by atoms with Gasteiger partial charge < -0.3 is 10.5 Å². The number of rotatable bonds is 3. The Labute approximate surface area is 113 Å². The first-order valence-corrected chi connectivity index (χ1v) is 7.01. The van der Waals surface area contributed by atoms with E-state index in [2.05, 4.69) is 36.2 Å². The lowest BCUT2D eigenvalue weighted by Gasteiger charge is -2.25. The third kappa shape index (κ3) is 2.24. The number of aromatic nitrogens is 1. The number of fused-ring (bicyclic) bond motifs is 1. The van der Waals surface area contributed by atoms with Crippen LogP contribution in [0.5, 0.6) is 0 Å². The predicted octanol–water partition coefficient (Wildman–Crippen LogP) is 3.05. The molecule has 100 valence electrons. The van der Waals surface area contributed by atoms with Crippen LogP contribution in [0.2, 0.25) is 0 Å². The summed E-state index contributed by atoms with van der Waals surface area (Å²) in [5.74, 6) is 0.420. The van der Waals surface area contributed by atoms with Gasteiger partial charge in [-0.05, 0) is 29.9 Å². The first-order valence-electron chi connectivity index (χ1n) is 7.01. The van der Waals surface area contributed by atoms with Gasteiger partial charge in [0.05, 0.1) is 6.10 Å². The highest BCUT2D eigenvalue weighted by molar-refractivity contribution is 5.85. The smallest absolute Gasteiger partial charge is 0.0619 e. The summed E-state index contributed by atoms with van der Waals surface area (Å²) in [5, 5.41) is 2.37. The van der Waals surface area contributed by atoms with Gasteiger partial charge in [0.25, 0.3) is 0 Å². The minimum atomic E-state index is 0.0403. The molecule has 2 N–H and O–H groups in total. The van der Waals surface area contributed by atoms with Gasteiger partial charge >= 0.3 is 0 Å². The van der Waals surface area contributed by atoms with Gasteiger partial charge in [0.1, 0.15) is 0 Å². The van der Waals surface area contributed by atoms with E-state index in [0.29, 0.717) is 12.0 Å². The van der Waals surface area contributed by atoms with Crippen molar-refractivity contribution in [2.75, 3.05) is 6.61 Å². The van der Waals surface area contributed by atoms with Gasteiger partial charge in [-0.3, -0.25) is 4.98 Å². The van der Waals surface area contributed by atoms with Crippen LogP contribution in [-0.2, 0) is 4.74 Å². The Morgan fingerprint density at radius 2 is 2.32 bits per heavy atom.